The predicted molar refractivity (Wildman–Crippen MR) is 86.2 cm³/mol. The third kappa shape index (κ3) is 3.84. The molecule has 1 unspecified atom stereocenters. The lowest BCUT2D eigenvalue weighted by molar-refractivity contribution is 0.0940. The van der Waals surface area contributed by atoms with Crippen molar-refractivity contribution in [3.05, 3.63) is 69.7 Å². The van der Waals surface area contributed by atoms with Crippen molar-refractivity contribution in [2.45, 2.75) is 13.0 Å². The number of hydrogen-bond acceptors (Lipinski definition) is 1. The minimum atomic E-state index is -0.190. The van der Waals surface area contributed by atoms with Crippen LogP contribution in [0.2, 0.25) is 0 Å². The molecule has 0 aromatic heterocycles. The lowest BCUT2D eigenvalue weighted by Gasteiger charge is -2.17. The van der Waals surface area contributed by atoms with Crippen LogP contribution in [0.4, 0.5) is 0 Å². The van der Waals surface area contributed by atoms with Gasteiger partial charge in [0.05, 0.1) is 6.04 Å². The van der Waals surface area contributed by atoms with Crippen LogP contribution in [-0.4, -0.2) is 11.8 Å². The van der Waals surface area contributed by atoms with E-state index in [4.69, 9.17) is 11.6 Å². The van der Waals surface area contributed by atoms with Gasteiger partial charge >= 0.3 is 0 Å². The summed E-state index contributed by atoms with van der Waals surface area (Å²) in [6, 6.07) is 15.2. The Balaban J connectivity index is 2.17. The lowest BCUT2D eigenvalue weighted by Crippen LogP contribution is -2.29. The van der Waals surface area contributed by atoms with Crippen LogP contribution in [-0.2, 0) is 0 Å². The number of aryl methyl sites for hydroxylation is 1. The number of hydrogen-bond donors (Lipinski definition) is 1. The van der Waals surface area contributed by atoms with Crippen molar-refractivity contribution < 1.29 is 4.79 Å². The second kappa shape index (κ2) is 6.91. The first-order valence-corrected chi connectivity index (χ1v) is 7.62. The quantitative estimate of drug-likeness (QED) is 0.808. The van der Waals surface area contributed by atoms with Crippen molar-refractivity contribution in [3.8, 4) is 0 Å². The Morgan fingerprint density at radius 2 is 1.95 bits per heavy atom. The van der Waals surface area contributed by atoms with Crippen LogP contribution >= 0.6 is 27.5 Å². The highest BCUT2D eigenvalue weighted by atomic mass is 79.9. The fourth-order valence-corrected chi connectivity index (χ4v) is 2.87. The molecule has 0 aliphatic carbocycles. The van der Waals surface area contributed by atoms with Gasteiger partial charge in [-0.25, -0.2) is 0 Å². The lowest BCUT2D eigenvalue weighted by atomic mass is 10.1. The molecule has 0 saturated carbocycles. The smallest absolute Gasteiger partial charge is 0.251 e. The molecule has 0 radical (unpaired) electrons. The first-order chi connectivity index (χ1) is 9.60. The van der Waals surface area contributed by atoms with Crippen molar-refractivity contribution in [1.82, 2.24) is 5.32 Å². The van der Waals surface area contributed by atoms with Crippen molar-refractivity contribution in [3.63, 3.8) is 0 Å². The van der Waals surface area contributed by atoms with E-state index in [-0.39, 0.29) is 11.9 Å². The number of halogens is 2. The van der Waals surface area contributed by atoms with E-state index in [1.807, 2.05) is 49.4 Å². The summed E-state index contributed by atoms with van der Waals surface area (Å²) in [4.78, 5) is 12.3. The molecule has 0 heterocycles. The Morgan fingerprint density at radius 1 is 1.25 bits per heavy atom. The van der Waals surface area contributed by atoms with Gasteiger partial charge in [0.25, 0.3) is 5.91 Å². The second-order valence-corrected chi connectivity index (χ2v) is 5.83. The van der Waals surface area contributed by atoms with Gasteiger partial charge in [-0.05, 0) is 36.2 Å². The zero-order valence-electron chi connectivity index (χ0n) is 11.1. The summed E-state index contributed by atoms with van der Waals surface area (Å²) < 4.78 is 0.893. The summed E-state index contributed by atoms with van der Waals surface area (Å²) in [5, 5.41) is 2.96. The molecule has 0 aliphatic rings. The first kappa shape index (κ1) is 15.1. The zero-order valence-corrected chi connectivity index (χ0v) is 13.4. The minimum absolute atomic E-state index is 0.121. The van der Waals surface area contributed by atoms with Gasteiger partial charge in [0.2, 0.25) is 0 Å². The molecule has 0 bridgehead atoms. The number of carbonyl (C=O) groups excluding carboxylic acids is 1. The minimum Gasteiger partial charge on any atom is -0.344 e. The Morgan fingerprint density at radius 3 is 2.55 bits per heavy atom. The van der Waals surface area contributed by atoms with E-state index < -0.39 is 0 Å². The van der Waals surface area contributed by atoms with Gasteiger partial charge in [0.15, 0.2) is 0 Å². The molecule has 1 amide bonds. The Bertz CT molecular complexity index is 580. The molecule has 2 aromatic rings. The molecular weight excluding hydrogens is 338 g/mol. The molecule has 0 aliphatic heterocycles. The van der Waals surface area contributed by atoms with E-state index in [2.05, 4.69) is 21.2 Å². The highest BCUT2D eigenvalue weighted by Gasteiger charge is 2.15. The van der Waals surface area contributed by atoms with E-state index in [0.717, 1.165) is 15.6 Å². The molecule has 1 atom stereocenters. The maximum Gasteiger partial charge on any atom is 0.251 e. The normalized spacial score (nSPS) is 11.9. The molecule has 0 spiro atoms. The summed E-state index contributed by atoms with van der Waals surface area (Å²) >= 11 is 9.38. The van der Waals surface area contributed by atoms with Crippen LogP contribution in [0.15, 0.2) is 53.0 Å². The van der Waals surface area contributed by atoms with Crippen LogP contribution in [0.1, 0.15) is 27.5 Å². The van der Waals surface area contributed by atoms with Crippen molar-refractivity contribution in [2.24, 2.45) is 0 Å². The van der Waals surface area contributed by atoms with Crippen LogP contribution in [0.5, 0.6) is 0 Å². The fourth-order valence-electron chi connectivity index (χ4n) is 2.01. The van der Waals surface area contributed by atoms with Gasteiger partial charge in [-0.2, -0.15) is 0 Å². The van der Waals surface area contributed by atoms with E-state index >= 15 is 0 Å². The summed E-state index contributed by atoms with van der Waals surface area (Å²) in [6.07, 6.45) is 0. The number of carbonyl (C=O) groups is 1. The SMILES string of the molecule is Cc1cc(Br)cc(C(=O)NC(CCl)c2ccccc2)c1. The Kier molecular flexibility index (Phi) is 5.21. The number of rotatable bonds is 4. The summed E-state index contributed by atoms with van der Waals surface area (Å²) in [6.45, 7) is 1.96. The van der Waals surface area contributed by atoms with E-state index in [0.29, 0.717) is 11.4 Å². The monoisotopic (exact) mass is 351 g/mol. The van der Waals surface area contributed by atoms with Crippen LogP contribution in [0, 0.1) is 6.92 Å². The van der Waals surface area contributed by atoms with Gasteiger partial charge < -0.3 is 5.32 Å². The highest BCUT2D eigenvalue weighted by molar-refractivity contribution is 9.10. The van der Waals surface area contributed by atoms with Crippen molar-refractivity contribution >= 4 is 33.4 Å². The van der Waals surface area contributed by atoms with Gasteiger partial charge in [0.1, 0.15) is 0 Å². The molecule has 20 heavy (non-hydrogen) atoms. The summed E-state index contributed by atoms with van der Waals surface area (Å²) in [5.41, 5.74) is 2.66. The second-order valence-electron chi connectivity index (χ2n) is 4.61. The standard InChI is InChI=1S/C16H15BrClNO/c1-11-7-13(9-14(17)8-11)16(20)19-15(10-18)12-5-3-2-4-6-12/h2-9,15H,10H2,1H3,(H,19,20). The number of alkyl halides is 1. The average molecular weight is 353 g/mol. The number of benzene rings is 2. The molecule has 0 saturated heterocycles. The summed E-state index contributed by atoms with van der Waals surface area (Å²) in [7, 11) is 0. The molecule has 2 nitrogen and oxygen atoms in total. The Labute approximate surface area is 132 Å². The Hall–Kier alpha value is -1.32. The maximum atomic E-state index is 12.3. The van der Waals surface area contributed by atoms with E-state index in [9.17, 15) is 4.79 Å². The van der Waals surface area contributed by atoms with Crippen molar-refractivity contribution in [2.75, 3.05) is 5.88 Å². The van der Waals surface area contributed by atoms with Crippen LogP contribution in [0.25, 0.3) is 0 Å². The fraction of sp³-hybridized carbons (Fsp3) is 0.188. The predicted octanol–water partition coefficient (Wildman–Crippen LogP) is 4.47. The molecule has 0 fully saturated rings. The molecule has 1 N–H and O–H groups in total. The molecule has 104 valence electrons. The van der Waals surface area contributed by atoms with Crippen molar-refractivity contribution in [1.29, 1.82) is 0 Å². The van der Waals surface area contributed by atoms with E-state index in [1.54, 1.807) is 6.07 Å². The molecule has 2 aromatic carbocycles. The van der Waals surface area contributed by atoms with Gasteiger partial charge in [-0.1, -0.05) is 46.3 Å². The molecule has 4 heteroatoms. The number of amides is 1. The maximum absolute atomic E-state index is 12.3. The van der Waals surface area contributed by atoms with Gasteiger partial charge in [-0.15, -0.1) is 11.6 Å². The van der Waals surface area contributed by atoms with Crippen LogP contribution in [0.3, 0.4) is 0 Å². The third-order valence-electron chi connectivity index (χ3n) is 2.97. The van der Waals surface area contributed by atoms with E-state index in [1.165, 1.54) is 0 Å². The summed E-state index contributed by atoms with van der Waals surface area (Å²) in [5.74, 6) is 0.215. The highest BCUT2D eigenvalue weighted by Crippen LogP contribution is 2.18. The topological polar surface area (TPSA) is 29.1 Å². The number of nitrogens with one attached hydrogen (secondary N) is 1. The zero-order chi connectivity index (χ0) is 14.5. The van der Waals surface area contributed by atoms with Crippen LogP contribution < -0.4 is 5.32 Å². The largest absolute Gasteiger partial charge is 0.344 e. The van der Waals surface area contributed by atoms with Gasteiger partial charge in [0, 0.05) is 15.9 Å². The average Bonchev–Trinajstić information content (AvgIpc) is 2.44. The molecular formula is C16H15BrClNO. The molecule has 2 rings (SSSR count). The first-order valence-electron chi connectivity index (χ1n) is 6.29. The van der Waals surface area contributed by atoms with Gasteiger partial charge in [-0.3, -0.25) is 4.79 Å². The third-order valence-corrected chi connectivity index (χ3v) is 3.73.